The number of hydrogen-bond donors (Lipinski definition) is 1. The van der Waals surface area contributed by atoms with Crippen LogP contribution >= 0.6 is 0 Å². The van der Waals surface area contributed by atoms with Gasteiger partial charge in [0.15, 0.2) is 0 Å². The number of carbonyl (C=O) groups excluding carboxylic acids is 1. The minimum atomic E-state index is -0.785. The van der Waals surface area contributed by atoms with Gasteiger partial charge in [-0.15, -0.1) is 0 Å². The molecule has 0 spiro atoms. The summed E-state index contributed by atoms with van der Waals surface area (Å²) in [6.07, 6.45) is 2.33. The van der Waals surface area contributed by atoms with Gasteiger partial charge >= 0.3 is 6.09 Å². The zero-order chi connectivity index (χ0) is 29.1. The summed E-state index contributed by atoms with van der Waals surface area (Å²) in [5.74, 6) is 1.59. The predicted octanol–water partition coefficient (Wildman–Crippen LogP) is 5.95. The number of rotatable bonds is 14. The second-order valence-electron chi connectivity index (χ2n) is 10.8. The molecule has 0 fully saturated rings. The molecule has 0 aliphatic rings. The maximum atomic E-state index is 13.4. The summed E-state index contributed by atoms with van der Waals surface area (Å²) in [6, 6.07) is 24.4. The van der Waals surface area contributed by atoms with Crippen LogP contribution in [-0.4, -0.2) is 65.0 Å². The van der Waals surface area contributed by atoms with E-state index in [0.29, 0.717) is 25.8 Å². The Bertz CT molecular complexity index is 1130. The molecule has 40 heavy (non-hydrogen) atoms. The van der Waals surface area contributed by atoms with Crippen LogP contribution in [0.1, 0.15) is 36.5 Å². The highest BCUT2D eigenvalue weighted by Crippen LogP contribution is 2.32. The van der Waals surface area contributed by atoms with E-state index in [2.05, 4.69) is 31.2 Å². The third-order valence-electron chi connectivity index (χ3n) is 7.38. The van der Waals surface area contributed by atoms with Crippen LogP contribution in [0, 0.1) is 0 Å². The summed E-state index contributed by atoms with van der Waals surface area (Å²) < 4.78 is 17.2. The number of carbonyl (C=O) groups is 1. The maximum Gasteiger partial charge on any atom is 0.407 e. The Morgan fingerprint density at radius 3 is 1.65 bits per heavy atom. The third-order valence-corrected chi connectivity index (χ3v) is 7.38. The fourth-order valence-corrected chi connectivity index (χ4v) is 4.99. The second-order valence-corrected chi connectivity index (χ2v) is 10.8. The molecule has 0 bridgehead atoms. The highest BCUT2D eigenvalue weighted by Gasteiger charge is 2.38. The van der Waals surface area contributed by atoms with Crippen molar-refractivity contribution < 1.29 is 19.0 Å². The van der Waals surface area contributed by atoms with Crippen LogP contribution < -0.4 is 19.7 Å². The first kappa shape index (κ1) is 30.8. The van der Waals surface area contributed by atoms with Gasteiger partial charge in [-0.3, -0.25) is 0 Å². The van der Waals surface area contributed by atoms with Crippen LogP contribution in [0.3, 0.4) is 0 Å². The van der Waals surface area contributed by atoms with Crippen LogP contribution in [0.15, 0.2) is 72.8 Å². The van der Waals surface area contributed by atoms with Crippen molar-refractivity contribution in [3.8, 4) is 11.5 Å². The molecule has 1 amide bonds. The van der Waals surface area contributed by atoms with Gasteiger partial charge in [-0.2, -0.15) is 0 Å². The van der Waals surface area contributed by atoms with E-state index in [1.54, 1.807) is 14.2 Å². The minimum Gasteiger partial charge on any atom is -0.497 e. The van der Waals surface area contributed by atoms with E-state index < -0.39 is 11.7 Å². The lowest BCUT2D eigenvalue weighted by atomic mass is 9.81. The molecule has 0 saturated carbocycles. The quantitative estimate of drug-likeness (QED) is 0.269. The number of nitrogens with zero attached hydrogens (tertiary/aromatic N) is 2. The number of anilines is 1. The Hall–Kier alpha value is -3.71. The van der Waals surface area contributed by atoms with Gasteiger partial charge in [0.05, 0.1) is 14.2 Å². The molecular weight excluding hydrogens is 502 g/mol. The fourth-order valence-electron chi connectivity index (χ4n) is 4.99. The topological polar surface area (TPSA) is 63.3 Å². The summed E-state index contributed by atoms with van der Waals surface area (Å²) in [6.45, 7) is 2.56. The van der Waals surface area contributed by atoms with Crippen LogP contribution in [0.4, 0.5) is 10.5 Å². The molecule has 0 aliphatic carbocycles. The first-order valence-corrected chi connectivity index (χ1v) is 13.8. The van der Waals surface area contributed by atoms with E-state index in [-0.39, 0.29) is 6.04 Å². The van der Waals surface area contributed by atoms with Crippen molar-refractivity contribution in [1.29, 1.82) is 0 Å². The molecule has 1 N–H and O–H groups in total. The van der Waals surface area contributed by atoms with Crippen molar-refractivity contribution in [3.05, 3.63) is 89.5 Å². The molecule has 3 rings (SSSR count). The molecule has 0 aromatic heterocycles. The standard InChI is InChI=1S/C33H45N3O4/c1-8-28(35(2)3)23-33(21-25-11-17-30(38-6)18-12-25,22-26-13-19-31(39-7)20-14-26)40-32(37)34-24-27-9-15-29(16-10-27)36(4)5/h9-20,28H,8,21-24H2,1-7H3,(H,34,37). The lowest BCUT2D eigenvalue weighted by Gasteiger charge is -2.38. The van der Waals surface area contributed by atoms with E-state index in [9.17, 15) is 4.79 Å². The largest absolute Gasteiger partial charge is 0.497 e. The Morgan fingerprint density at radius 2 is 1.25 bits per heavy atom. The Kier molecular flexibility index (Phi) is 11.3. The van der Waals surface area contributed by atoms with Gasteiger partial charge in [0.1, 0.15) is 17.1 Å². The molecule has 0 aliphatic heterocycles. The van der Waals surface area contributed by atoms with Gasteiger partial charge in [-0.25, -0.2) is 4.79 Å². The molecule has 216 valence electrons. The van der Waals surface area contributed by atoms with Crippen LogP contribution in [-0.2, 0) is 24.1 Å². The predicted molar refractivity (Wildman–Crippen MR) is 163 cm³/mol. The summed E-state index contributed by atoms with van der Waals surface area (Å²) in [7, 11) is 11.5. The zero-order valence-electron chi connectivity index (χ0n) is 25.1. The van der Waals surface area contributed by atoms with E-state index in [0.717, 1.165) is 40.3 Å². The molecule has 7 heteroatoms. The molecule has 1 atom stereocenters. The normalized spacial score (nSPS) is 12.1. The van der Waals surface area contributed by atoms with E-state index in [4.69, 9.17) is 14.2 Å². The number of methoxy groups -OCH3 is 2. The molecule has 0 saturated heterocycles. The average molecular weight is 548 g/mol. The lowest BCUT2D eigenvalue weighted by molar-refractivity contribution is -0.0124. The van der Waals surface area contributed by atoms with Gasteiger partial charge in [-0.1, -0.05) is 43.3 Å². The van der Waals surface area contributed by atoms with Gasteiger partial charge < -0.3 is 29.3 Å². The van der Waals surface area contributed by atoms with Crippen molar-refractivity contribution in [2.75, 3.05) is 47.3 Å². The van der Waals surface area contributed by atoms with Crippen LogP contribution in [0.5, 0.6) is 11.5 Å². The van der Waals surface area contributed by atoms with Gasteiger partial charge in [0, 0.05) is 51.6 Å². The smallest absolute Gasteiger partial charge is 0.407 e. The number of ether oxygens (including phenoxy) is 3. The van der Waals surface area contributed by atoms with Crippen molar-refractivity contribution >= 4 is 11.8 Å². The van der Waals surface area contributed by atoms with Crippen molar-refractivity contribution in [3.63, 3.8) is 0 Å². The van der Waals surface area contributed by atoms with Crippen molar-refractivity contribution in [1.82, 2.24) is 10.2 Å². The first-order valence-electron chi connectivity index (χ1n) is 13.8. The van der Waals surface area contributed by atoms with E-state index >= 15 is 0 Å². The molecule has 0 radical (unpaired) electrons. The minimum absolute atomic E-state index is 0.225. The average Bonchev–Trinajstić information content (AvgIpc) is 2.95. The number of alkyl carbamates (subject to hydrolysis) is 1. The van der Waals surface area contributed by atoms with Gasteiger partial charge in [-0.05, 0) is 73.6 Å². The number of benzene rings is 3. The van der Waals surface area contributed by atoms with Gasteiger partial charge in [0.2, 0.25) is 0 Å². The Balaban J connectivity index is 1.92. The van der Waals surface area contributed by atoms with E-state index in [1.165, 1.54) is 0 Å². The number of nitrogens with one attached hydrogen (secondary N) is 1. The SMILES string of the molecule is CCC(CC(Cc1ccc(OC)cc1)(Cc1ccc(OC)cc1)OC(=O)NCc1ccc(N(C)C)cc1)N(C)C. The van der Waals surface area contributed by atoms with E-state index in [1.807, 2.05) is 91.8 Å². The zero-order valence-corrected chi connectivity index (χ0v) is 25.1. The summed E-state index contributed by atoms with van der Waals surface area (Å²) >= 11 is 0. The molecule has 3 aromatic carbocycles. The maximum absolute atomic E-state index is 13.4. The summed E-state index contributed by atoms with van der Waals surface area (Å²) in [5.41, 5.74) is 3.49. The molecule has 1 unspecified atom stereocenters. The third kappa shape index (κ3) is 8.91. The molecular formula is C33H45N3O4. The Morgan fingerprint density at radius 1 is 0.775 bits per heavy atom. The lowest BCUT2D eigenvalue weighted by Crippen LogP contribution is -2.47. The summed E-state index contributed by atoms with van der Waals surface area (Å²) in [4.78, 5) is 17.7. The molecule has 0 heterocycles. The number of hydrogen-bond acceptors (Lipinski definition) is 6. The van der Waals surface area contributed by atoms with Crippen molar-refractivity contribution in [2.24, 2.45) is 0 Å². The van der Waals surface area contributed by atoms with Crippen molar-refractivity contribution in [2.45, 2.75) is 50.8 Å². The Labute approximate surface area is 240 Å². The molecule has 3 aromatic rings. The highest BCUT2D eigenvalue weighted by atomic mass is 16.6. The summed E-state index contributed by atoms with van der Waals surface area (Å²) in [5, 5.41) is 3.00. The monoisotopic (exact) mass is 547 g/mol. The number of amides is 1. The second kappa shape index (κ2) is 14.6. The van der Waals surface area contributed by atoms with Crippen LogP contribution in [0.25, 0.3) is 0 Å². The molecule has 7 nitrogen and oxygen atoms in total. The van der Waals surface area contributed by atoms with Gasteiger partial charge in [0.25, 0.3) is 0 Å². The first-order chi connectivity index (χ1) is 19.2. The van der Waals surface area contributed by atoms with Crippen LogP contribution in [0.2, 0.25) is 0 Å². The highest BCUT2D eigenvalue weighted by molar-refractivity contribution is 5.68. The fraction of sp³-hybridized carbons (Fsp3) is 0.424.